The molecule has 1 aromatic heterocycles. The van der Waals surface area contributed by atoms with Crippen LogP contribution in [0.3, 0.4) is 0 Å². The molecule has 0 spiro atoms. The van der Waals surface area contributed by atoms with Crippen molar-refractivity contribution in [2.75, 3.05) is 19.7 Å². The highest BCUT2D eigenvalue weighted by Gasteiger charge is 2.13. The van der Waals surface area contributed by atoms with Gasteiger partial charge in [-0.25, -0.2) is 0 Å². The summed E-state index contributed by atoms with van der Waals surface area (Å²) in [6.45, 7) is 14.6. The van der Waals surface area contributed by atoms with Crippen molar-refractivity contribution in [3.05, 3.63) is 24.0 Å². The Balaban J connectivity index is 2.50. The maximum absolute atomic E-state index is 5.95. The van der Waals surface area contributed by atoms with E-state index in [1.165, 1.54) is 5.56 Å². The molecule has 0 saturated carbocycles. The summed E-state index contributed by atoms with van der Waals surface area (Å²) >= 11 is 0. The van der Waals surface area contributed by atoms with Gasteiger partial charge in [0.15, 0.2) is 0 Å². The van der Waals surface area contributed by atoms with E-state index < -0.39 is 0 Å². The SMILES string of the molecule is CCCNCc1ccncc1OCCN(C(C)C)C(C)C. The van der Waals surface area contributed by atoms with E-state index in [0.717, 1.165) is 31.8 Å². The van der Waals surface area contributed by atoms with Crippen LogP contribution in [-0.4, -0.2) is 41.7 Å². The van der Waals surface area contributed by atoms with Gasteiger partial charge in [-0.1, -0.05) is 6.92 Å². The van der Waals surface area contributed by atoms with Crippen LogP contribution in [0.5, 0.6) is 5.75 Å². The molecule has 0 aliphatic carbocycles. The van der Waals surface area contributed by atoms with Crippen LogP contribution < -0.4 is 10.1 Å². The molecule has 1 aromatic rings. The lowest BCUT2D eigenvalue weighted by atomic mass is 10.2. The zero-order valence-corrected chi connectivity index (χ0v) is 14.2. The fourth-order valence-electron chi connectivity index (χ4n) is 2.46. The zero-order chi connectivity index (χ0) is 15.7. The molecule has 0 fully saturated rings. The lowest BCUT2D eigenvalue weighted by Gasteiger charge is -2.30. The molecule has 0 saturated heterocycles. The minimum Gasteiger partial charge on any atom is -0.490 e. The summed E-state index contributed by atoms with van der Waals surface area (Å²) in [6.07, 6.45) is 4.78. The van der Waals surface area contributed by atoms with E-state index in [9.17, 15) is 0 Å². The van der Waals surface area contributed by atoms with Crippen LogP contribution in [0.25, 0.3) is 0 Å². The Bertz CT molecular complexity index is 385. The topological polar surface area (TPSA) is 37.4 Å². The molecule has 1 heterocycles. The number of aromatic nitrogens is 1. The van der Waals surface area contributed by atoms with E-state index in [2.05, 4.69) is 49.8 Å². The maximum atomic E-state index is 5.95. The van der Waals surface area contributed by atoms with Crippen molar-refractivity contribution in [2.24, 2.45) is 0 Å². The van der Waals surface area contributed by atoms with Gasteiger partial charge < -0.3 is 10.1 Å². The van der Waals surface area contributed by atoms with Crippen LogP contribution in [-0.2, 0) is 6.54 Å². The Kier molecular flexibility index (Phi) is 8.31. The largest absolute Gasteiger partial charge is 0.490 e. The Hall–Kier alpha value is -1.13. The molecule has 0 aliphatic heterocycles. The Morgan fingerprint density at radius 2 is 1.95 bits per heavy atom. The fraction of sp³-hybridized carbons (Fsp3) is 0.706. The number of pyridine rings is 1. The monoisotopic (exact) mass is 293 g/mol. The Morgan fingerprint density at radius 3 is 2.57 bits per heavy atom. The molecule has 0 bridgehead atoms. The Morgan fingerprint density at radius 1 is 1.24 bits per heavy atom. The van der Waals surface area contributed by atoms with Gasteiger partial charge in [-0.3, -0.25) is 9.88 Å². The summed E-state index contributed by atoms with van der Waals surface area (Å²) in [6, 6.07) is 3.10. The minimum absolute atomic E-state index is 0.535. The highest BCUT2D eigenvalue weighted by molar-refractivity contribution is 5.29. The van der Waals surface area contributed by atoms with Gasteiger partial charge in [0.1, 0.15) is 12.4 Å². The van der Waals surface area contributed by atoms with Crippen molar-refractivity contribution in [2.45, 2.75) is 59.7 Å². The first-order chi connectivity index (χ1) is 10.1. The molecule has 1 N–H and O–H groups in total. The van der Waals surface area contributed by atoms with Crippen LogP contribution in [0.15, 0.2) is 18.5 Å². The van der Waals surface area contributed by atoms with Crippen LogP contribution >= 0.6 is 0 Å². The third-order valence-corrected chi connectivity index (χ3v) is 3.55. The minimum atomic E-state index is 0.535. The number of ether oxygens (including phenoxy) is 1. The lowest BCUT2D eigenvalue weighted by molar-refractivity contribution is 0.141. The van der Waals surface area contributed by atoms with E-state index in [1.807, 2.05) is 18.5 Å². The van der Waals surface area contributed by atoms with Crippen molar-refractivity contribution in [3.8, 4) is 5.75 Å². The predicted octanol–water partition coefficient (Wildman–Crippen LogP) is 3.08. The molecule has 0 atom stereocenters. The second-order valence-corrected chi connectivity index (χ2v) is 5.93. The molecule has 0 aromatic carbocycles. The van der Waals surface area contributed by atoms with Gasteiger partial charge in [0, 0.05) is 36.9 Å². The predicted molar refractivity (Wildman–Crippen MR) is 88.7 cm³/mol. The highest BCUT2D eigenvalue weighted by Crippen LogP contribution is 2.16. The van der Waals surface area contributed by atoms with Crippen molar-refractivity contribution >= 4 is 0 Å². The van der Waals surface area contributed by atoms with Crippen molar-refractivity contribution in [1.82, 2.24) is 15.2 Å². The second-order valence-electron chi connectivity index (χ2n) is 5.93. The van der Waals surface area contributed by atoms with Crippen LogP contribution in [0.4, 0.5) is 0 Å². The molecule has 21 heavy (non-hydrogen) atoms. The lowest BCUT2D eigenvalue weighted by Crippen LogP contribution is -2.39. The summed E-state index contributed by atoms with van der Waals surface area (Å²) < 4.78 is 5.95. The van der Waals surface area contributed by atoms with Gasteiger partial charge in [-0.05, 0) is 46.7 Å². The van der Waals surface area contributed by atoms with Gasteiger partial charge in [0.2, 0.25) is 0 Å². The van der Waals surface area contributed by atoms with Crippen LogP contribution in [0.1, 0.15) is 46.6 Å². The maximum Gasteiger partial charge on any atom is 0.142 e. The van der Waals surface area contributed by atoms with Crippen LogP contribution in [0.2, 0.25) is 0 Å². The van der Waals surface area contributed by atoms with Crippen molar-refractivity contribution in [1.29, 1.82) is 0 Å². The molecule has 0 aliphatic rings. The summed E-state index contributed by atoms with van der Waals surface area (Å²) in [5.41, 5.74) is 1.18. The fourth-order valence-corrected chi connectivity index (χ4v) is 2.46. The standard InChI is InChI=1S/C17H31N3O/c1-6-8-18-12-16-7-9-19-13-17(16)21-11-10-20(14(2)3)15(4)5/h7,9,13-15,18H,6,8,10-12H2,1-5H3. The third kappa shape index (κ3) is 6.44. The zero-order valence-electron chi connectivity index (χ0n) is 14.2. The quantitative estimate of drug-likeness (QED) is 0.673. The molecule has 0 unspecified atom stereocenters. The Labute approximate surface area is 129 Å². The smallest absolute Gasteiger partial charge is 0.142 e. The van der Waals surface area contributed by atoms with E-state index in [-0.39, 0.29) is 0 Å². The van der Waals surface area contributed by atoms with E-state index >= 15 is 0 Å². The summed E-state index contributed by atoms with van der Waals surface area (Å²) in [4.78, 5) is 6.61. The molecular formula is C17H31N3O. The summed E-state index contributed by atoms with van der Waals surface area (Å²) in [7, 11) is 0. The number of hydrogen-bond acceptors (Lipinski definition) is 4. The highest BCUT2D eigenvalue weighted by atomic mass is 16.5. The molecular weight excluding hydrogens is 262 g/mol. The molecule has 0 amide bonds. The van der Waals surface area contributed by atoms with E-state index in [4.69, 9.17) is 4.74 Å². The van der Waals surface area contributed by atoms with Crippen molar-refractivity contribution in [3.63, 3.8) is 0 Å². The van der Waals surface area contributed by atoms with E-state index in [0.29, 0.717) is 18.7 Å². The molecule has 4 nitrogen and oxygen atoms in total. The molecule has 0 radical (unpaired) electrons. The number of rotatable bonds is 10. The average molecular weight is 293 g/mol. The van der Waals surface area contributed by atoms with Crippen molar-refractivity contribution < 1.29 is 4.74 Å². The summed E-state index contributed by atoms with van der Waals surface area (Å²) in [5.74, 6) is 0.897. The first-order valence-corrected chi connectivity index (χ1v) is 8.08. The first kappa shape index (κ1) is 17.9. The molecule has 120 valence electrons. The average Bonchev–Trinajstić information content (AvgIpc) is 2.44. The van der Waals surface area contributed by atoms with Gasteiger partial charge in [-0.2, -0.15) is 0 Å². The van der Waals surface area contributed by atoms with Gasteiger partial charge in [0.25, 0.3) is 0 Å². The van der Waals surface area contributed by atoms with Gasteiger partial charge >= 0.3 is 0 Å². The number of nitrogens with zero attached hydrogens (tertiary/aromatic N) is 2. The number of nitrogens with one attached hydrogen (secondary N) is 1. The van der Waals surface area contributed by atoms with Crippen LogP contribution in [0, 0.1) is 0 Å². The normalized spacial score (nSPS) is 11.6. The number of hydrogen-bond donors (Lipinski definition) is 1. The summed E-state index contributed by atoms with van der Waals surface area (Å²) in [5, 5.41) is 3.41. The van der Waals surface area contributed by atoms with Gasteiger partial charge in [-0.15, -0.1) is 0 Å². The van der Waals surface area contributed by atoms with E-state index in [1.54, 1.807) is 0 Å². The second kappa shape index (κ2) is 9.74. The molecule has 1 rings (SSSR count). The molecule has 4 heteroatoms. The third-order valence-electron chi connectivity index (χ3n) is 3.55. The first-order valence-electron chi connectivity index (χ1n) is 8.08. The van der Waals surface area contributed by atoms with Gasteiger partial charge in [0.05, 0.1) is 6.20 Å².